The molecular weight excluding hydrogens is 406 g/mol. The molecule has 32 heavy (non-hydrogen) atoms. The summed E-state index contributed by atoms with van der Waals surface area (Å²) in [6.07, 6.45) is 5.41. The van der Waals surface area contributed by atoms with Crippen LogP contribution < -0.4 is 0 Å². The number of fused-ring (bicyclic) bond motifs is 2. The molecule has 2 aliphatic heterocycles. The summed E-state index contributed by atoms with van der Waals surface area (Å²) in [5.74, 6) is 0.249. The molecule has 2 aromatic heterocycles. The van der Waals surface area contributed by atoms with Crippen molar-refractivity contribution in [1.29, 1.82) is 0 Å². The van der Waals surface area contributed by atoms with Gasteiger partial charge in [0.1, 0.15) is 5.82 Å². The van der Waals surface area contributed by atoms with Gasteiger partial charge in [0, 0.05) is 37.3 Å². The van der Waals surface area contributed by atoms with Crippen molar-refractivity contribution in [3.63, 3.8) is 0 Å². The first kappa shape index (κ1) is 20.4. The fourth-order valence-corrected chi connectivity index (χ4v) is 4.64. The topological polar surface area (TPSA) is 87.9 Å². The van der Waals surface area contributed by atoms with E-state index in [0.29, 0.717) is 36.3 Å². The van der Waals surface area contributed by atoms with Gasteiger partial charge in [-0.15, -0.1) is 10.2 Å². The fraction of sp³-hybridized carbons (Fsp3) is 0.375. The first-order valence-electron chi connectivity index (χ1n) is 11.2. The minimum Gasteiger partial charge on any atom is -0.338 e. The monoisotopic (exact) mass is 431 g/mol. The number of carbonyl (C=O) groups excluding carboxylic acids is 3. The zero-order valence-electron chi connectivity index (χ0n) is 18.0. The summed E-state index contributed by atoms with van der Waals surface area (Å²) in [6, 6.07) is 10.6. The predicted octanol–water partition coefficient (Wildman–Crippen LogP) is 3.15. The van der Waals surface area contributed by atoms with E-state index in [2.05, 4.69) is 10.2 Å². The highest BCUT2D eigenvalue weighted by atomic mass is 16.2. The number of nitrogens with zero attached hydrogens (tertiary/aromatic N) is 5. The van der Waals surface area contributed by atoms with Crippen molar-refractivity contribution in [3.05, 3.63) is 65.1 Å². The van der Waals surface area contributed by atoms with Crippen molar-refractivity contribution in [2.75, 3.05) is 19.6 Å². The van der Waals surface area contributed by atoms with Gasteiger partial charge in [0.05, 0.1) is 11.1 Å². The van der Waals surface area contributed by atoms with Crippen molar-refractivity contribution < 1.29 is 14.4 Å². The highest BCUT2D eigenvalue weighted by molar-refractivity contribution is 6.22. The molecule has 8 heteroatoms. The SMILES string of the molecule is CCCCN1C(=O)c2ccc(C(=O)N3CCCC(c4nnc5ccccn45)C3)cc2C1=O. The summed E-state index contributed by atoms with van der Waals surface area (Å²) in [5, 5.41) is 8.61. The summed E-state index contributed by atoms with van der Waals surface area (Å²) in [5.41, 5.74) is 1.94. The molecule has 1 atom stereocenters. The highest BCUT2D eigenvalue weighted by Gasteiger charge is 2.36. The maximum Gasteiger partial charge on any atom is 0.261 e. The number of aromatic nitrogens is 3. The van der Waals surface area contributed by atoms with Crippen LogP contribution in [0.2, 0.25) is 0 Å². The number of piperidine rings is 1. The van der Waals surface area contributed by atoms with Gasteiger partial charge in [0.25, 0.3) is 17.7 Å². The Hall–Kier alpha value is -3.55. The molecule has 3 aromatic rings. The number of unbranched alkanes of at least 4 members (excludes halogenated alkanes) is 1. The number of likely N-dealkylation sites (tertiary alicyclic amines) is 1. The second-order valence-electron chi connectivity index (χ2n) is 8.45. The van der Waals surface area contributed by atoms with E-state index in [9.17, 15) is 14.4 Å². The van der Waals surface area contributed by atoms with E-state index < -0.39 is 0 Å². The van der Waals surface area contributed by atoms with Crippen molar-refractivity contribution in [2.45, 2.75) is 38.5 Å². The third kappa shape index (κ3) is 3.36. The van der Waals surface area contributed by atoms with Gasteiger partial charge >= 0.3 is 0 Å². The maximum absolute atomic E-state index is 13.3. The van der Waals surface area contributed by atoms with E-state index in [0.717, 1.165) is 37.2 Å². The second-order valence-corrected chi connectivity index (χ2v) is 8.45. The van der Waals surface area contributed by atoms with Crippen LogP contribution in [0.15, 0.2) is 42.6 Å². The molecule has 0 saturated carbocycles. The van der Waals surface area contributed by atoms with Crippen LogP contribution in [0.1, 0.15) is 75.4 Å². The summed E-state index contributed by atoms with van der Waals surface area (Å²) >= 11 is 0. The minimum absolute atomic E-state index is 0.0901. The molecule has 164 valence electrons. The number of hydrogen-bond donors (Lipinski definition) is 0. The van der Waals surface area contributed by atoms with Gasteiger partial charge in [0.15, 0.2) is 5.65 Å². The Bertz CT molecular complexity index is 1220. The standard InChI is InChI=1S/C24H25N5O3/c1-2-3-12-29-23(31)18-10-9-16(14-19(18)24(29)32)22(30)27-11-6-7-17(15-27)21-26-25-20-8-4-5-13-28(20)21/h4-5,8-10,13-14,17H,2-3,6-7,11-12,15H2,1H3. The van der Waals surface area contributed by atoms with Crippen molar-refractivity contribution in [2.24, 2.45) is 0 Å². The molecule has 1 fully saturated rings. The highest BCUT2D eigenvalue weighted by Crippen LogP contribution is 2.29. The van der Waals surface area contributed by atoms with Gasteiger partial charge in [-0.2, -0.15) is 0 Å². The van der Waals surface area contributed by atoms with Crippen LogP contribution in [0.4, 0.5) is 0 Å². The number of amides is 3. The molecule has 1 saturated heterocycles. The molecule has 3 amide bonds. The Morgan fingerprint density at radius 1 is 1.09 bits per heavy atom. The molecule has 0 bridgehead atoms. The van der Waals surface area contributed by atoms with Crippen molar-refractivity contribution >= 4 is 23.4 Å². The average Bonchev–Trinajstić information content (AvgIpc) is 3.36. The molecule has 1 unspecified atom stereocenters. The largest absolute Gasteiger partial charge is 0.338 e. The number of carbonyl (C=O) groups is 3. The maximum atomic E-state index is 13.3. The van der Waals surface area contributed by atoms with Crippen molar-refractivity contribution in [3.8, 4) is 0 Å². The number of hydrogen-bond acceptors (Lipinski definition) is 5. The third-order valence-electron chi connectivity index (χ3n) is 6.37. The van der Waals surface area contributed by atoms with Crippen LogP contribution >= 0.6 is 0 Å². The van der Waals surface area contributed by atoms with Crippen LogP contribution in [-0.4, -0.2) is 61.8 Å². The minimum atomic E-state index is -0.306. The van der Waals surface area contributed by atoms with Gasteiger partial charge in [0.2, 0.25) is 0 Å². The van der Waals surface area contributed by atoms with E-state index in [-0.39, 0.29) is 23.6 Å². The molecule has 0 spiro atoms. The number of rotatable bonds is 5. The normalized spacial score (nSPS) is 18.5. The summed E-state index contributed by atoms with van der Waals surface area (Å²) in [4.78, 5) is 41.7. The quantitative estimate of drug-likeness (QED) is 0.579. The summed E-state index contributed by atoms with van der Waals surface area (Å²) in [7, 11) is 0. The molecule has 0 aliphatic carbocycles. The Kier molecular flexibility index (Phi) is 5.20. The Labute approximate surface area is 185 Å². The lowest BCUT2D eigenvalue weighted by atomic mass is 9.96. The lowest BCUT2D eigenvalue weighted by Gasteiger charge is -2.32. The summed E-state index contributed by atoms with van der Waals surface area (Å²) in [6.45, 7) is 3.62. The number of benzene rings is 1. The molecule has 0 radical (unpaired) electrons. The lowest BCUT2D eigenvalue weighted by Crippen LogP contribution is -2.39. The van der Waals surface area contributed by atoms with Crippen LogP contribution in [0, 0.1) is 0 Å². The average molecular weight is 431 g/mol. The van der Waals surface area contributed by atoms with E-state index in [1.165, 1.54) is 4.90 Å². The first-order valence-corrected chi connectivity index (χ1v) is 11.2. The van der Waals surface area contributed by atoms with Crippen LogP contribution in [0.3, 0.4) is 0 Å². The predicted molar refractivity (Wildman–Crippen MR) is 118 cm³/mol. The number of imide groups is 1. The van der Waals surface area contributed by atoms with Crippen molar-refractivity contribution in [1.82, 2.24) is 24.4 Å². The zero-order chi connectivity index (χ0) is 22.2. The van der Waals surface area contributed by atoms with Crippen LogP contribution in [-0.2, 0) is 0 Å². The Balaban J connectivity index is 1.37. The van der Waals surface area contributed by atoms with Gasteiger partial charge in [-0.05, 0) is 49.6 Å². The third-order valence-corrected chi connectivity index (χ3v) is 6.37. The molecule has 8 nitrogen and oxygen atoms in total. The molecular formula is C24H25N5O3. The lowest BCUT2D eigenvalue weighted by molar-refractivity contribution is 0.0651. The molecule has 1 aromatic carbocycles. The van der Waals surface area contributed by atoms with E-state index in [1.54, 1.807) is 18.2 Å². The van der Waals surface area contributed by atoms with Crippen LogP contribution in [0.5, 0.6) is 0 Å². The molecule has 4 heterocycles. The van der Waals surface area contributed by atoms with Gasteiger partial charge < -0.3 is 4.90 Å². The van der Waals surface area contributed by atoms with Crippen LogP contribution in [0.25, 0.3) is 5.65 Å². The second kappa shape index (κ2) is 8.18. The Morgan fingerprint density at radius 3 is 2.78 bits per heavy atom. The molecule has 0 N–H and O–H groups in total. The Morgan fingerprint density at radius 2 is 1.94 bits per heavy atom. The van der Waals surface area contributed by atoms with E-state index in [1.807, 2.05) is 40.6 Å². The number of pyridine rings is 1. The van der Waals surface area contributed by atoms with Gasteiger partial charge in [-0.1, -0.05) is 19.4 Å². The van der Waals surface area contributed by atoms with E-state index in [4.69, 9.17) is 0 Å². The zero-order valence-corrected chi connectivity index (χ0v) is 18.0. The molecule has 2 aliphatic rings. The van der Waals surface area contributed by atoms with Gasteiger partial charge in [-0.3, -0.25) is 23.7 Å². The smallest absolute Gasteiger partial charge is 0.261 e. The molecule has 5 rings (SSSR count). The van der Waals surface area contributed by atoms with Gasteiger partial charge in [-0.25, -0.2) is 0 Å². The van der Waals surface area contributed by atoms with E-state index >= 15 is 0 Å². The fourth-order valence-electron chi connectivity index (χ4n) is 4.64. The first-order chi connectivity index (χ1) is 15.6. The summed E-state index contributed by atoms with van der Waals surface area (Å²) < 4.78 is 1.98.